The van der Waals surface area contributed by atoms with Gasteiger partial charge in [0.15, 0.2) is 5.78 Å². The van der Waals surface area contributed by atoms with Gasteiger partial charge in [0.2, 0.25) is 0 Å². The number of nitriles is 1. The van der Waals surface area contributed by atoms with E-state index in [1.807, 2.05) is 6.07 Å². The van der Waals surface area contributed by atoms with Gasteiger partial charge in [-0.1, -0.05) is 26.0 Å². The van der Waals surface area contributed by atoms with Gasteiger partial charge in [-0.15, -0.1) is 11.6 Å². The molecule has 1 aromatic rings. The largest absolute Gasteiger partial charge is 0.294 e. The summed E-state index contributed by atoms with van der Waals surface area (Å²) in [6.07, 6.45) is 0. The Morgan fingerprint density at radius 1 is 1.40 bits per heavy atom. The maximum atomic E-state index is 11.9. The second kappa shape index (κ2) is 4.46. The molecule has 0 atom stereocenters. The van der Waals surface area contributed by atoms with Gasteiger partial charge in [-0.25, -0.2) is 0 Å². The van der Waals surface area contributed by atoms with E-state index >= 15 is 0 Å². The zero-order valence-electron chi connectivity index (χ0n) is 8.75. The van der Waals surface area contributed by atoms with Gasteiger partial charge in [-0.05, 0) is 12.1 Å². The summed E-state index contributed by atoms with van der Waals surface area (Å²) in [5.74, 6) is 0.285. The van der Waals surface area contributed by atoms with Crippen molar-refractivity contribution in [1.82, 2.24) is 0 Å². The van der Waals surface area contributed by atoms with E-state index in [4.69, 9.17) is 16.9 Å². The summed E-state index contributed by atoms with van der Waals surface area (Å²) < 4.78 is 0. The first-order valence-electron chi connectivity index (χ1n) is 4.62. The molecule has 0 spiro atoms. The Bertz CT molecular complexity index is 401. The zero-order valence-corrected chi connectivity index (χ0v) is 9.51. The van der Waals surface area contributed by atoms with Crippen LogP contribution in [0.25, 0.3) is 0 Å². The van der Waals surface area contributed by atoms with Gasteiger partial charge in [0.05, 0.1) is 11.6 Å². The van der Waals surface area contributed by atoms with Crippen LogP contribution in [0.4, 0.5) is 0 Å². The van der Waals surface area contributed by atoms with Crippen LogP contribution in [0.3, 0.4) is 0 Å². The molecular formula is C12H12ClNO. The number of carbonyl (C=O) groups excluding carboxylic acids is 1. The first kappa shape index (κ1) is 11.7. The molecule has 0 N–H and O–H groups in total. The Morgan fingerprint density at radius 2 is 1.93 bits per heavy atom. The van der Waals surface area contributed by atoms with Gasteiger partial charge in [-0.3, -0.25) is 4.79 Å². The Kier molecular flexibility index (Phi) is 3.49. The molecule has 0 heterocycles. The summed E-state index contributed by atoms with van der Waals surface area (Å²) in [6, 6.07) is 8.61. The third kappa shape index (κ3) is 2.57. The molecule has 1 rings (SSSR count). The van der Waals surface area contributed by atoms with Gasteiger partial charge in [0.25, 0.3) is 0 Å². The SMILES string of the molecule is CC(C)(CCl)C(=O)c1ccc(C#N)cc1. The standard InChI is InChI=1S/C12H12ClNO/c1-12(2,8-13)11(15)10-5-3-9(7-14)4-6-10/h3-6H,8H2,1-2H3. The number of carbonyl (C=O) groups is 1. The number of ketones is 1. The molecule has 0 amide bonds. The minimum absolute atomic E-state index is 0.00184. The molecule has 0 fully saturated rings. The van der Waals surface area contributed by atoms with E-state index in [-0.39, 0.29) is 11.7 Å². The summed E-state index contributed by atoms with van der Waals surface area (Å²) >= 11 is 5.72. The molecule has 0 aliphatic carbocycles. The van der Waals surface area contributed by atoms with Gasteiger partial charge < -0.3 is 0 Å². The van der Waals surface area contributed by atoms with Crippen LogP contribution in [0.2, 0.25) is 0 Å². The normalized spacial score (nSPS) is 10.8. The third-order valence-corrected chi connectivity index (χ3v) is 2.89. The van der Waals surface area contributed by atoms with Crippen LogP contribution in [0.1, 0.15) is 29.8 Å². The fourth-order valence-electron chi connectivity index (χ4n) is 1.15. The lowest BCUT2D eigenvalue weighted by Crippen LogP contribution is -2.26. The molecule has 78 valence electrons. The quantitative estimate of drug-likeness (QED) is 0.582. The van der Waals surface area contributed by atoms with Crippen molar-refractivity contribution in [2.75, 3.05) is 5.88 Å². The van der Waals surface area contributed by atoms with E-state index in [2.05, 4.69) is 0 Å². The van der Waals surface area contributed by atoms with Crippen molar-refractivity contribution in [2.45, 2.75) is 13.8 Å². The lowest BCUT2D eigenvalue weighted by Gasteiger charge is -2.19. The first-order valence-corrected chi connectivity index (χ1v) is 5.15. The number of halogens is 1. The minimum atomic E-state index is -0.560. The molecule has 0 bridgehead atoms. The van der Waals surface area contributed by atoms with Crippen LogP contribution >= 0.6 is 11.6 Å². The maximum absolute atomic E-state index is 11.9. The fourth-order valence-corrected chi connectivity index (χ4v) is 1.27. The number of alkyl halides is 1. The smallest absolute Gasteiger partial charge is 0.169 e. The highest BCUT2D eigenvalue weighted by atomic mass is 35.5. The highest BCUT2D eigenvalue weighted by molar-refractivity contribution is 6.20. The van der Waals surface area contributed by atoms with E-state index in [1.54, 1.807) is 38.1 Å². The van der Waals surface area contributed by atoms with Gasteiger partial charge >= 0.3 is 0 Å². The molecule has 2 nitrogen and oxygen atoms in total. The Balaban J connectivity index is 2.99. The molecule has 0 saturated carbocycles. The molecule has 1 aromatic carbocycles. The summed E-state index contributed by atoms with van der Waals surface area (Å²) in [6.45, 7) is 3.61. The summed E-state index contributed by atoms with van der Waals surface area (Å²) in [5, 5.41) is 8.62. The average molecular weight is 222 g/mol. The molecule has 15 heavy (non-hydrogen) atoms. The van der Waals surface area contributed by atoms with Crippen LogP contribution in [0.15, 0.2) is 24.3 Å². The third-order valence-electron chi connectivity index (χ3n) is 2.22. The number of benzene rings is 1. The minimum Gasteiger partial charge on any atom is -0.294 e. The van der Waals surface area contributed by atoms with E-state index in [0.29, 0.717) is 11.1 Å². The molecule has 0 radical (unpaired) electrons. The Labute approximate surface area is 94.5 Å². The van der Waals surface area contributed by atoms with Crippen LogP contribution < -0.4 is 0 Å². The topological polar surface area (TPSA) is 40.9 Å². The van der Waals surface area contributed by atoms with E-state index in [9.17, 15) is 4.79 Å². The molecular weight excluding hydrogens is 210 g/mol. The highest BCUT2D eigenvalue weighted by Crippen LogP contribution is 2.23. The number of Topliss-reactive ketones (excluding diaryl/α,β-unsaturated/α-hetero) is 1. The van der Waals surface area contributed by atoms with Crippen molar-refractivity contribution < 1.29 is 4.79 Å². The van der Waals surface area contributed by atoms with Gasteiger partial charge in [0.1, 0.15) is 0 Å². The molecule has 0 aliphatic heterocycles. The summed E-state index contributed by atoms with van der Waals surface area (Å²) in [4.78, 5) is 11.9. The Hall–Kier alpha value is -1.33. The first-order chi connectivity index (χ1) is 7.01. The van der Waals surface area contributed by atoms with Gasteiger partial charge in [0, 0.05) is 16.9 Å². The number of nitrogens with zero attached hydrogens (tertiary/aromatic N) is 1. The van der Waals surface area contributed by atoms with Gasteiger partial charge in [-0.2, -0.15) is 5.26 Å². The van der Waals surface area contributed by atoms with Crippen molar-refractivity contribution >= 4 is 17.4 Å². The van der Waals surface area contributed by atoms with E-state index in [0.717, 1.165) is 0 Å². The molecule has 0 aromatic heterocycles. The van der Waals surface area contributed by atoms with Crippen LogP contribution in [0, 0.1) is 16.7 Å². The van der Waals surface area contributed by atoms with Crippen molar-refractivity contribution in [2.24, 2.45) is 5.41 Å². The number of rotatable bonds is 3. The van der Waals surface area contributed by atoms with Crippen molar-refractivity contribution in [3.8, 4) is 6.07 Å². The lowest BCUT2D eigenvalue weighted by atomic mass is 9.86. The van der Waals surface area contributed by atoms with Crippen LogP contribution in [0.5, 0.6) is 0 Å². The average Bonchev–Trinajstić information content (AvgIpc) is 2.28. The fraction of sp³-hybridized carbons (Fsp3) is 0.333. The number of hydrogen-bond donors (Lipinski definition) is 0. The van der Waals surface area contributed by atoms with Crippen LogP contribution in [-0.2, 0) is 0 Å². The predicted octanol–water partition coefficient (Wildman–Crippen LogP) is 3.01. The van der Waals surface area contributed by atoms with E-state index < -0.39 is 5.41 Å². The number of hydrogen-bond acceptors (Lipinski definition) is 2. The predicted molar refractivity (Wildman–Crippen MR) is 60.0 cm³/mol. The van der Waals surface area contributed by atoms with Crippen molar-refractivity contribution in [1.29, 1.82) is 5.26 Å². The van der Waals surface area contributed by atoms with E-state index in [1.165, 1.54) is 0 Å². The molecule has 0 aliphatic rings. The lowest BCUT2D eigenvalue weighted by molar-refractivity contribution is 0.0862. The molecule has 3 heteroatoms. The summed E-state index contributed by atoms with van der Waals surface area (Å²) in [5.41, 5.74) is 0.588. The summed E-state index contributed by atoms with van der Waals surface area (Å²) in [7, 11) is 0. The van der Waals surface area contributed by atoms with Crippen molar-refractivity contribution in [3.05, 3.63) is 35.4 Å². The zero-order chi connectivity index (χ0) is 11.5. The Morgan fingerprint density at radius 3 is 2.33 bits per heavy atom. The van der Waals surface area contributed by atoms with Crippen LogP contribution in [-0.4, -0.2) is 11.7 Å². The monoisotopic (exact) mass is 221 g/mol. The maximum Gasteiger partial charge on any atom is 0.169 e. The second-order valence-corrected chi connectivity index (χ2v) is 4.30. The van der Waals surface area contributed by atoms with Crippen molar-refractivity contribution in [3.63, 3.8) is 0 Å². The highest BCUT2D eigenvalue weighted by Gasteiger charge is 2.27. The molecule has 0 saturated heterocycles. The second-order valence-electron chi connectivity index (χ2n) is 4.04. The molecule has 0 unspecified atom stereocenters.